The summed E-state index contributed by atoms with van der Waals surface area (Å²) in [4.78, 5) is 4.44. The first-order valence-corrected chi connectivity index (χ1v) is 8.70. The third-order valence-electron chi connectivity index (χ3n) is 2.42. The van der Waals surface area contributed by atoms with Crippen LogP contribution in [0.15, 0.2) is 24.3 Å². The summed E-state index contributed by atoms with van der Waals surface area (Å²) in [5.74, 6) is 0.449. The van der Waals surface area contributed by atoms with E-state index in [-0.39, 0.29) is 0 Å². The van der Waals surface area contributed by atoms with Crippen molar-refractivity contribution in [1.29, 1.82) is 0 Å². The molecule has 0 amide bonds. The molecule has 0 fully saturated rings. The molecule has 108 valence electrons. The molecule has 3 nitrogen and oxygen atoms in total. The molecule has 19 heavy (non-hydrogen) atoms. The van der Waals surface area contributed by atoms with Crippen LogP contribution in [0, 0.1) is 13.8 Å². The Morgan fingerprint density at radius 3 is 2.37 bits per heavy atom. The number of aryl methyl sites for hydroxylation is 2. The summed E-state index contributed by atoms with van der Waals surface area (Å²) in [7, 11) is 9.40. The van der Waals surface area contributed by atoms with Crippen LogP contribution in [-0.2, 0) is 25.1 Å². The molecule has 7 heteroatoms. The number of rotatable bonds is 3. The van der Waals surface area contributed by atoms with Crippen molar-refractivity contribution < 1.29 is 12.7 Å². The normalized spacial score (nSPS) is 10.2. The first kappa shape index (κ1) is 16.8. The van der Waals surface area contributed by atoms with E-state index < -0.39 is 0 Å². The van der Waals surface area contributed by atoms with E-state index >= 15 is 0 Å². The van der Waals surface area contributed by atoms with Gasteiger partial charge in [-0.1, -0.05) is 6.07 Å². The standard InChI is InChI=1S/C12H14ClN3.2ClH.Ni/c1-9-6-10(2)16(15-9)8-12-5-3-4-11(7-13)14-12;;;/h3-6H,7-8H2,1-2H3;2*1H;/q;;;+2/p-2. The third-order valence-corrected chi connectivity index (χ3v) is 2.69. The second kappa shape index (κ2) is 8.81. The van der Waals surface area contributed by atoms with E-state index in [1.54, 1.807) is 0 Å². The van der Waals surface area contributed by atoms with Crippen LogP contribution < -0.4 is 0 Å². The predicted molar refractivity (Wildman–Crippen MR) is 76.3 cm³/mol. The molecule has 0 bridgehead atoms. The van der Waals surface area contributed by atoms with Gasteiger partial charge in [-0.25, -0.2) is 0 Å². The fraction of sp³-hybridized carbons (Fsp3) is 0.333. The molecule has 2 aromatic heterocycles. The molecule has 2 rings (SSSR count). The summed E-state index contributed by atoms with van der Waals surface area (Å²) in [5.41, 5.74) is 4.08. The average Bonchev–Trinajstić information content (AvgIpc) is 2.69. The topological polar surface area (TPSA) is 30.7 Å². The number of nitrogens with zero attached hydrogens (tertiary/aromatic N) is 3. The van der Waals surface area contributed by atoms with Gasteiger partial charge in [0.05, 0.1) is 29.5 Å². The Labute approximate surface area is 132 Å². The summed E-state index contributed by atoms with van der Waals surface area (Å²) >= 11 is 6.32. The number of halogens is 3. The molecule has 0 unspecified atom stereocenters. The Morgan fingerprint density at radius 1 is 1.21 bits per heavy atom. The van der Waals surface area contributed by atoms with Gasteiger partial charge >= 0.3 is 33.0 Å². The van der Waals surface area contributed by atoms with E-state index in [4.69, 9.17) is 32.0 Å². The van der Waals surface area contributed by atoms with E-state index in [0.717, 1.165) is 22.8 Å². The van der Waals surface area contributed by atoms with Gasteiger partial charge in [0.15, 0.2) is 0 Å². The van der Waals surface area contributed by atoms with E-state index in [0.29, 0.717) is 25.1 Å². The number of aromatic nitrogens is 3. The number of pyridine rings is 1. The van der Waals surface area contributed by atoms with Crippen molar-refractivity contribution >= 4 is 32.0 Å². The Kier molecular flexibility index (Phi) is 7.78. The van der Waals surface area contributed by atoms with Crippen LogP contribution in [0.5, 0.6) is 0 Å². The van der Waals surface area contributed by atoms with Crippen molar-refractivity contribution in [1.82, 2.24) is 14.8 Å². The summed E-state index contributed by atoms with van der Waals surface area (Å²) in [5, 5.41) is 4.40. The molecule has 0 saturated heterocycles. The minimum atomic E-state index is 0.449. The number of alkyl halides is 1. The number of hydrogen-bond donors (Lipinski definition) is 0. The monoisotopic (exact) mass is 363 g/mol. The van der Waals surface area contributed by atoms with Crippen LogP contribution in [0.4, 0.5) is 0 Å². The summed E-state index contributed by atoms with van der Waals surface area (Å²) in [6.07, 6.45) is 0. The molecule has 2 aromatic rings. The maximum absolute atomic E-state index is 5.75. The van der Waals surface area contributed by atoms with E-state index in [1.807, 2.05) is 36.7 Å². The van der Waals surface area contributed by atoms with Gasteiger partial charge in [-0.3, -0.25) is 9.67 Å². The average molecular weight is 365 g/mol. The van der Waals surface area contributed by atoms with Crippen LogP contribution in [0.1, 0.15) is 22.8 Å². The summed E-state index contributed by atoms with van der Waals surface area (Å²) in [6, 6.07) is 7.96. The molecule has 0 N–H and O–H groups in total. The summed E-state index contributed by atoms with van der Waals surface area (Å²) < 4.78 is 1.95. The molecule has 0 spiro atoms. The van der Waals surface area contributed by atoms with Crippen molar-refractivity contribution in [3.63, 3.8) is 0 Å². The van der Waals surface area contributed by atoms with Gasteiger partial charge in [-0.05, 0) is 32.0 Å². The van der Waals surface area contributed by atoms with Gasteiger partial charge in [-0.15, -0.1) is 11.6 Å². The Hall–Kier alpha value is -0.276. The van der Waals surface area contributed by atoms with Crippen LogP contribution in [0.3, 0.4) is 0 Å². The van der Waals surface area contributed by atoms with Crippen molar-refractivity contribution in [3.05, 3.63) is 47.0 Å². The van der Waals surface area contributed by atoms with Gasteiger partial charge in [-0.2, -0.15) is 5.10 Å². The van der Waals surface area contributed by atoms with Gasteiger partial charge in [0.25, 0.3) is 0 Å². The molecule has 0 radical (unpaired) electrons. The van der Waals surface area contributed by atoms with Gasteiger partial charge in [0.2, 0.25) is 0 Å². The molecule has 0 aliphatic rings. The first-order valence-electron chi connectivity index (χ1n) is 5.45. The zero-order chi connectivity index (χ0) is 14.3. The minimum absolute atomic E-state index is 0.449. The molecule has 0 atom stereocenters. The Balaban J connectivity index is 0.000000550. The first-order chi connectivity index (χ1) is 9.10. The molecule has 2 heterocycles. The Morgan fingerprint density at radius 2 is 1.84 bits per heavy atom. The molecule has 0 aliphatic carbocycles. The van der Waals surface area contributed by atoms with Crippen LogP contribution in [0.2, 0.25) is 0 Å². The van der Waals surface area contributed by atoms with Crippen LogP contribution in [-0.4, -0.2) is 14.8 Å². The van der Waals surface area contributed by atoms with Gasteiger partial charge in [0, 0.05) is 5.69 Å². The van der Waals surface area contributed by atoms with Crippen molar-refractivity contribution in [2.45, 2.75) is 26.3 Å². The maximum atomic E-state index is 5.75. The summed E-state index contributed by atoms with van der Waals surface area (Å²) in [6.45, 7) is 4.74. The van der Waals surface area contributed by atoms with Gasteiger partial charge in [0.1, 0.15) is 0 Å². The van der Waals surface area contributed by atoms with E-state index in [9.17, 15) is 0 Å². The van der Waals surface area contributed by atoms with E-state index in [2.05, 4.69) is 16.1 Å². The van der Waals surface area contributed by atoms with Crippen molar-refractivity contribution in [2.24, 2.45) is 0 Å². The van der Waals surface area contributed by atoms with Gasteiger partial charge < -0.3 is 0 Å². The fourth-order valence-electron chi connectivity index (χ4n) is 1.68. The van der Waals surface area contributed by atoms with E-state index in [1.165, 1.54) is 0 Å². The molecule has 0 aliphatic heterocycles. The fourth-order valence-corrected chi connectivity index (χ4v) is 1.83. The number of hydrogen-bond acceptors (Lipinski definition) is 2. The molecular weight excluding hydrogens is 351 g/mol. The van der Waals surface area contributed by atoms with Crippen molar-refractivity contribution in [2.75, 3.05) is 0 Å². The zero-order valence-electron chi connectivity index (χ0n) is 10.5. The molecule has 0 saturated carbocycles. The second-order valence-corrected chi connectivity index (χ2v) is 5.78. The Bertz CT molecular complexity index is 517. The third kappa shape index (κ3) is 5.70. The van der Waals surface area contributed by atoms with Crippen molar-refractivity contribution in [3.8, 4) is 0 Å². The predicted octanol–water partition coefficient (Wildman–Crippen LogP) is 4.06. The molecule has 0 aromatic carbocycles. The van der Waals surface area contributed by atoms with Crippen LogP contribution >= 0.6 is 32.0 Å². The molecular formula is C12H14Cl3N3Ni. The second-order valence-electron chi connectivity index (χ2n) is 3.88. The van der Waals surface area contributed by atoms with Crippen LogP contribution in [0.25, 0.3) is 0 Å². The quantitative estimate of drug-likeness (QED) is 0.607. The zero-order valence-corrected chi connectivity index (χ0v) is 13.8. The SMILES string of the molecule is Cc1cc(C)n(Cc2cccc(CCl)n2)n1.[Cl][Ni][Cl].